The largest absolute Gasteiger partial charge is 0.459 e. The minimum Gasteiger partial charge on any atom is -0.459 e. The standard InChI is InChI=1S/C17H20O7/c1-8-10-7-11(21-9(2)18)16(4,20)17-6-5-15(3,23-24-17)13(17)12(10)22-14(8)19/h5-6,10-13,20H,1,7H2,2-4H3/t10-,11-,12+,13+,15-,16-,17+/m1/s1. The average molecular weight is 336 g/mol. The van der Waals surface area contributed by atoms with Crippen molar-refractivity contribution in [3.05, 3.63) is 24.3 Å². The Morgan fingerprint density at radius 2 is 2.08 bits per heavy atom. The fourth-order valence-corrected chi connectivity index (χ4v) is 4.66. The molecule has 2 aliphatic carbocycles. The minimum atomic E-state index is -1.56. The van der Waals surface area contributed by atoms with E-state index in [2.05, 4.69) is 6.58 Å². The van der Waals surface area contributed by atoms with E-state index in [1.807, 2.05) is 6.92 Å². The van der Waals surface area contributed by atoms with Crippen LogP contribution in [0.2, 0.25) is 0 Å². The molecule has 0 amide bonds. The first-order chi connectivity index (χ1) is 11.1. The number of carbonyl (C=O) groups is 2. The Hall–Kier alpha value is -1.70. The van der Waals surface area contributed by atoms with E-state index in [0.717, 1.165) is 0 Å². The highest BCUT2D eigenvalue weighted by Crippen LogP contribution is 2.61. The fraction of sp³-hybridized carbons (Fsp3) is 0.647. The molecule has 0 aromatic carbocycles. The number of esters is 2. The average Bonchev–Trinajstić information content (AvgIpc) is 3.04. The molecule has 2 bridgehead atoms. The monoisotopic (exact) mass is 336 g/mol. The van der Waals surface area contributed by atoms with Gasteiger partial charge in [-0.2, -0.15) is 0 Å². The van der Waals surface area contributed by atoms with Gasteiger partial charge in [-0.3, -0.25) is 4.79 Å². The first kappa shape index (κ1) is 15.8. The highest BCUT2D eigenvalue weighted by molar-refractivity contribution is 5.91. The van der Waals surface area contributed by atoms with Crippen LogP contribution in [0.5, 0.6) is 0 Å². The summed E-state index contributed by atoms with van der Waals surface area (Å²) in [6.07, 6.45) is 2.30. The summed E-state index contributed by atoms with van der Waals surface area (Å²) in [7, 11) is 0. The second-order valence-electron chi connectivity index (χ2n) is 7.44. The number of hydrogen-bond donors (Lipinski definition) is 1. The van der Waals surface area contributed by atoms with Crippen LogP contribution in [0.15, 0.2) is 24.3 Å². The van der Waals surface area contributed by atoms with Crippen LogP contribution in [-0.4, -0.2) is 46.1 Å². The molecule has 0 unspecified atom stereocenters. The molecule has 2 saturated heterocycles. The Labute approximate surface area is 139 Å². The molecule has 2 aliphatic heterocycles. The second-order valence-corrected chi connectivity index (χ2v) is 7.44. The smallest absolute Gasteiger partial charge is 0.334 e. The normalized spacial score (nSPS) is 51.8. The fourth-order valence-electron chi connectivity index (χ4n) is 4.66. The van der Waals surface area contributed by atoms with Crippen LogP contribution in [0.1, 0.15) is 27.2 Å². The number of hydrogen-bond acceptors (Lipinski definition) is 7. The number of rotatable bonds is 1. The van der Waals surface area contributed by atoms with Crippen molar-refractivity contribution >= 4 is 11.9 Å². The molecule has 4 rings (SSSR count). The van der Waals surface area contributed by atoms with Crippen molar-refractivity contribution in [3.63, 3.8) is 0 Å². The van der Waals surface area contributed by atoms with E-state index in [9.17, 15) is 14.7 Å². The molecule has 7 atom stereocenters. The molecule has 1 N–H and O–H groups in total. The Morgan fingerprint density at radius 1 is 1.38 bits per heavy atom. The van der Waals surface area contributed by atoms with Crippen molar-refractivity contribution in [2.75, 3.05) is 0 Å². The summed E-state index contributed by atoms with van der Waals surface area (Å²) < 4.78 is 11.0. The quantitative estimate of drug-likeness (QED) is 0.328. The van der Waals surface area contributed by atoms with Gasteiger partial charge in [0.25, 0.3) is 0 Å². The van der Waals surface area contributed by atoms with Gasteiger partial charge in [0.05, 0.1) is 5.92 Å². The van der Waals surface area contributed by atoms with Crippen molar-refractivity contribution in [1.29, 1.82) is 0 Å². The number of fused-ring (bicyclic) bond motifs is 1. The van der Waals surface area contributed by atoms with Crippen molar-refractivity contribution in [3.8, 4) is 0 Å². The van der Waals surface area contributed by atoms with E-state index in [4.69, 9.17) is 19.2 Å². The lowest BCUT2D eigenvalue weighted by atomic mass is 9.70. The Bertz CT molecular complexity index is 680. The van der Waals surface area contributed by atoms with Crippen LogP contribution >= 0.6 is 0 Å². The Kier molecular flexibility index (Phi) is 2.95. The van der Waals surface area contributed by atoms with Gasteiger partial charge < -0.3 is 14.6 Å². The Balaban J connectivity index is 1.88. The van der Waals surface area contributed by atoms with E-state index < -0.39 is 46.9 Å². The van der Waals surface area contributed by atoms with Gasteiger partial charge >= 0.3 is 11.9 Å². The number of carbonyl (C=O) groups excluding carboxylic acids is 2. The van der Waals surface area contributed by atoms with Gasteiger partial charge in [0.15, 0.2) is 5.60 Å². The lowest BCUT2D eigenvalue weighted by molar-refractivity contribution is -0.366. The van der Waals surface area contributed by atoms with Crippen molar-refractivity contribution in [1.82, 2.24) is 0 Å². The first-order valence-electron chi connectivity index (χ1n) is 7.99. The maximum atomic E-state index is 12.1. The lowest BCUT2D eigenvalue weighted by Crippen LogP contribution is -2.62. The van der Waals surface area contributed by atoms with Crippen LogP contribution in [-0.2, 0) is 28.8 Å². The van der Waals surface area contributed by atoms with Gasteiger partial charge in [-0.15, -0.1) is 0 Å². The van der Waals surface area contributed by atoms with Crippen LogP contribution in [0.3, 0.4) is 0 Å². The van der Waals surface area contributed by atoms with Crippen LogP contribution < -0.4 is 0 Å². The summed E-state index contributed by atoms with van der Waals surface area (Å²) in [5, 5.41) is 11.3. The topological polar surface area (TPSA) is 91.3 Å². The minimum absolute atomic E-state index is 0.230. The molecule has 0 spiro atoms. The third-order valence-electron chi connectivity index (χ3n) is 5.97. The maximum Gasteiger partial charge on any atom is 0.334 e. The highest BCUT2D eigenvalue weighted by atomic mass is 17.2. The predicted molar refractivity (Wildman–Crippen MR) is 79.2 cm³/mol. The van der Waals surface area contributed by atoms with E-state index in [-0.39, 0.29) is 12.3 Å². The molecule has 0 radical (unpaired) electrons. The third-order valence-corrected chi connectivity index (χ3v) is 5.97. The molecule has 4 aliphatic rings. The molecular formula is C17H20O7. The molecule has 2 heterocycles. The zero-order valence-electron chi connectivity index (χ0n) is 13.8. The number of ether oxygens (including phenoxy) is 2. The zero-order chi connectivity index (χ0) is 17.5. The van der Waals surface area contributed by atoms with Crippen LogP contribution in [0.25, 0.3) is 0 Å². The van der Waals surface area contributed by atoms with Gasteiger partial charge in [-0.25, -0.2) is 14.6 Å². The second kappa shape index (κ2) is 4.47. The van der Waals surface area contributed by atoms with Crippen molar-refractivity contribution in [2.45, 2.75) is 56.2 Å². The molecular weight excluding hydrogens is 316 g/mol. The first-order valence-corrected chi connectivity index (χ1v) is 7.99. The summed E-state index contributed by atoms with van der Waals surface area (Å²) in [5.74, 6) is -1.84. The van der Waals surface area contributed by atoms with E-state index in [1.54, 1.807) is 19.1 Å². The van der Waals surface area contributed by atoms with Gasteiger partial charge in [0.1, 0.15) is 23.4 Å². The maximum absolute atomic E-state index is 12.1. The van der Waals surface area contributed by atoms with Crippen molar-refractivity contribution in [2.24, 2.45) is 11.8 Å². The van der Waals surface area contributed by atoms with Crippen LogP contribution in [0, 0.1) is 11.8 Å². The van der Waals surface area contributed by atoms with Gasteiger partial charge in [-0.05, 0) is 26.3 Å². The molecule has 0 aromatic heterocycles. The SMILES string of the molecule is C=C1C(=O)O[C@H]2[C@@H]1C[C@@H](OC(C)=O)[C@@](C)(O)[C@@]13C=C[C@@](C)(OO1)[C@H]23. The molecule has 0 aromatic rings. The van der Waals surface area contributed by atoms with E-state index in [0.29, 0.717) is 5.57 Å². The summed E-state index contributed by atoms with van der Waals surface area (Å²) in [6.45, 7) is 8.48. The summed E-state index contributed by atoms with van der Waals surface area (Å²) in [5.41, 5.74) is -3.36. The van der Waals surface area contributed by atoms with Crippen molar-refractivity contribution < 1.29 is 33.9 Å². The molecule has 7 nitrogen and oxygen atoms in total. The Morgan fingerprint density at radius 3 is 2.67 bits per heavy atom. The molecule has 24 heavy (non-hydrogen) atoms. The van der Waals surface area contributed by atoms with E-state index >= 15 is 0 Å². The van der Waals surface area contributed by atoms with Gasteiger partial charge in [0.2, 0.25) is 0 Å². The van der Waals surface area contributed by atoms with Gasteiger partial charge in [-0.1, -0.05) is 12.7 Å². The molecule has 1 saturated carbocycles. The summed E-state index contributed by atoms with van der Waals surface area (Å²) >= 11 is 0. The lowest BCUT2D eigenvalue weighted by Gasteiger charge is -2.42. The summed E-state index contributed by atoms with van der Waals surface area (Å²) in [4.78, 5) is 34.7. The third kappa shape index (κ3) is 1.67. The molecule has 7 heteroatoms. The van der Waals surface area contributed by atoms with Gasteiger partial charge in [0, 0.05) is 18.4 Å². The zero-order valence-corrected chi connectivity index (χ0v) is 13.8. The molecule has 130 valence electrons. The summed E-state index contributed by atoms with van der Waals surface area (Å²) in [6, 6.07) is 0. The number of aliphatic hydroxyl groups is 1. The molecule has 3 fully saturated rings. The van der Waals surface area contributed by atoms with Crippen LogP contribution in [0.4, 0.5) is 0 Å². The predicted octanol–water partition coefficient (Wildman–Crippen LogP) is 0.816. The highest BCUT2D eigenvalue weighted by Gasteiger charge is 2.76. The van der Waals surface area contributed by atoms with E-state index in [1.165, 1.54) is 6.92 Å².